The van der Waals surface area contributed by atoms with E-state index in [-0.39, 0.29) is 5.92 Å². The van der Waals surface area contributed by atoms with Gasteiger partial charge in [-0.15, -0.1) is 0 Å². The van der Waals surface area contributed by atoms with Crippen LogP contribution in [0.2, 0.25) is 0 Å². The van der Waals surface area contributed by atoms with E-state index in [1.54, 1.807) is 20.8 Å². The third kappa shape index (κ3) is 2.04. The number of amides is 1. The zero-order valence-electron chi connectivity index (χ0n) is 10.4. The number of aliphatic carboxylic acids is 1. The maximum atomic E-state index is 12.1. The second-order valence-corrected chi connectivity index (χ2v) is 6.20. The van der Waals surface area contributed by atoms with Gasteiger partial charge in [-0.1, -0.05) is 20.8 Å². The molecule has 4 atom stereocenters. The molecule has 0 radical (unpaired) electrons. The average Bonchev–Trinajstić information content (AvgIpc) is 2.85. The van der Waals surface area contributed by atoms with Gasteiger partial charge in [0.05, 0.1) is 0 Å². The van der Waals surface area contributed by atoms with E-state index in [2.05, 4.69) is 0 Å². The maximum Gasteiger partial charge on any atom is 0.326 e. The molecule has 17 heavy (non-hydrogen) atoms. The molecule has 0 aromatic rings. The Morgan fingerprint density at radius 1 is 1.35 bits per heavy atom. The molecule has 0 bridgehead atoms. The summed E-state index contributed by atoms with van der Waals surface area (Å²) in [5, 5.41) is 19.1. The van der Waals surface area contributed by atoms with Crippen LogP contribution >= 0.6 is 0 Å². The monoisotopic (exact) mass is 241 g/mol. The van der Waals surface area contributed by atoms with Crippen LogP contribution in [0.15, 0.2) is 0 Å². The van der Waals surface area contributed by atoms with Crippen molar-refractivity contribution in [1.82, 2.24) is 4.90 Å². The first-order valence-corrected chi connectivity index (χ1v) is 5.95. The number of aliphatic hydroxyl groups excluding tert-OH is 1. The lowest BCUT2D eigenvalue weighted by molar-refractivity contribution is -0.156. The Bertz CT molecular complexity index is 360. The molecule has 2 fully saturated rings. The molecule has 1 amide bonds. The molecule has 2 rings (SSSR count). The zero-order chi connectivity index (χ0) is 13.0. The molecule has 5 heteroatoms. The standard InChI is InChI=1S/C12H19NO4/c1-12(2,3)9(14)10(15)13-5-6-4-7(6)8(13)11(16)17/h6-9,14H,4-5H2,1-3H3,(H,16,17)/t6-,7-,8+,9+/m1/s1. The molecule has 1 saturated carbocycles. The Hall–Kier alpha value is -1.10. The summed E-state index contributed by atoms with van der Waals surface area (Å²) < 4.78 is 0. The van der Waals surface area contributed by atoms with Gasteiger partial charge in [0, 0.05) is 6.54 Å². The lowest BCUT2D eigenvalue weighted by Gasteiger charge is -2.32. The number of carbonyl (C=O) groups excluding carboxylic acids is 1. The minimum atomic E-state index is -1.14. The first-order valence-electron chi connectivity index (χ1n) is 5.95. The van der Waals surface area contributed by atoms with Gasteiger partial charge in [0.25, 0.3) is 5.91 Å². The number of aliphatic hydroxyl groups is 1. The number of fused-ring (bicyclic) bond motifs is 1. The molecular formula is C12H19NO4. The van der Waals surface area contributed by atoms with Crippen molar-refractivity contribution in [3.05, 3.63) is 0 Å². The predicted molar refractivity (Wildman–Crippen MR) is 60.2 cm³/mol. The van der Waals surface area contributed by atoms with E-state index in [0.717, 1.165) is 6.42 Å². The largest absolute Gasteiger partial charge is 0.480 e. The summed E-state index contributed by atoms with van der Waals surface area (Å²) in [5.74, 6) is -0.975. The van der Waals surface area contributed by atoms with E-state index in [1.807, 2.05) is 0 Å². The predicted octanol–water partition coefficient (Wildman–Crippen LogP) is 0.325. The lowest BCUT2D eigenvalue weighted by Crippen LogP contribution is -2.50. The minimum absolute atomic E-state index is 0.101. The quantitative estimate of drug-likeness (QED) is 0.730. The van der Waals surface area contributed by atoms with Crippen molar-refractivity contribution < 1.29 is 19.8 Å². The first-order chi connectivity index (χ1) is 7.73. The molecule has 0 unspecified atom stereocenters. The van der Waals surface area contributed by atoms with Crippen LogP contribution < -0.4 is 0 Å². The Balaban J connectivity index is 2.12. The maximum absolute atomic E-state index is 12.1. The Morgan fingerprint density at radius 2 is 1.94 bits per heavy atom. The van der Waals surface area contributed by atoms with Crippen LogP contribution in [0.4, 0.5) is 0 Å². The van der Waals surface area contributed by atoms with Crippen molar-refractivity contribution in [2.45, 2.75) is 39.3 Å². The number of likely N-dealkylation sites (tertiary alicyclic amines) is 1. The SMILES string of the molecule is CC(C)(C)[C@@H](O)C(=O)N1C[C@H]2C[C@H]2[C@H]1C(=O)O. The number of rotatable bonds is 2. The van der Waals surface area contributed by atoms with Crippen LogP contribution in [-0.4, -0.2) is 45.7 Å². The summed E-state index contributed by atoms with van der Waals surface area (Å²) in [7, 11) is 0. The fourth-order valence-electron chi connectivity index (χ4n) is 2.54. The number of carbonyl (C=O) groups is 2. The van der Waals surface area contributed by atoms with Crippen LogP contribution in [0, 0.1) is 17.3 Å². The van der Waals surface area contributed by atoms with Crippen molar-refractivity contribution in [2.24, 2.45) is 17.3 Å². The minimum Gasteiger partial charge on any atom is -0.480 e. The summed E-state index contributed by atoms with van der Waals surface area (Å²) in [6, 6.07) is -0.732. The van der Waals surface area contributed by atoms with Gasteiger partial charge in [-0.3, -0.25) is 4.79 Å². The van der Waals surface area contributed by atoms with E-state index in [4.69, 9.17) is 5.11 Å². The van der Waals surface area contributed by atoms with Gasteiger partial charge in [-0.25, -0.2) is 4.79 Å². The molecule has 0 spiro atoms. The summed E-state index contributed by atoms with van der Waals surface area (Å²) in [4.78, 5) is 24.6. The van der Waals surface area contributed by atoms with Crippen molar-refractivity contribution in [3.63, 3.8) is 0 Å². The highest BCUT2D eigenvalue weighted by molar-refractivity contribution is 5.88. The number of piperidine rings is 1. The van der Waals surface area contributed by atoms with Crippen molar-refractivity contribution in [1.29, 1.82) is 0 Å². The van der Waals surface area contributed by atoms with Gasteiger partial charge in [0.1, 0.15) is 12.1 Å². The number of hydrogen-bond donors (Lipinski definition) is 2. The molecule has 2 N–H and O–H groups in total. The highest BCUT2D eigenvalue weighted by Gasteiger charge is 2.58. The van der Waals surface area contributed by atoms with E-state index in [9.17, 15) is 14.7 Å². The van der Waals surface area contributed by atoms with Crippen LogP contribution in [0.25, 0.3) is 0 Å². The number of nitrogens with zero attached hydrogens (tertiary/aromatic N) is 1. The molecule has 96 valence electrons. The summed E-state index contributed by atoms with van der Waals surface area (Å²) in [6.45, 7) is 5.78. The normalized spacial score (nSPS) is 33.2. The van der Waals surface area contributed by atoms with Crippen molar-refractivity contribution in [2.75, 3.05) is 6.54 Å². The summed E-state index contributed by atoms with van der Waals surface area (Å²) >= 11 is 0. The van der Waals surface area contributed by atoms with Crippen molar-refractivity contribution in [3.8, 4) is 0 Å². The van der Waals surface area contributed by atoms with Crippen LogP contribution in [-0.2, 0) is 9.59 Å². The van der Waals surface area contributed by atoms with Gasteiger partial charge < -0.3 is 15.1 Å². The van der Waals surface area contributed by atoms with Crippen molar-refractivity contribution >= 4 is 11.9 Å². The average molecular weight is 241 g/mol. The molecule has 1 aliphatic heterocycles. The van der Waals surface area contributed by atoms with Gasteiger partial charge >= 0.3 is 5.97 Å². The lowest BCUT2D eigenvalue weighted by atomic mass is 9.88. The van der Waals surface area contributed by atoms with E-state index in [0.29, 0.717) is 12.5 Å². The van der Waals surface area contributed by atoms with Crippen LogP contribution in [0.5, 0.6) is 0 Å². The van der Waals surface area contributed by atoms with Crippen LogP contribution in [0.3, 0.4) is 0 Å². The third-order valence-corrected chi connectivity index (χ3v) is 3.74. The zero-order valence-corrected chi connectivity index (χ0v) is 10.4. The molecule has 1 aliphatic carbocycles. The fraction of sp³-hybridized carbons (Fsp3) is 0.833. The number of carboxylic acid groups (broad SMARTS) is 1. The topological polar surface area (TPSA) is 77.8 Å². The summed E-state index contributed by atoms with van der Waals surface area (Å²) in [6.07, 6.45) is -0.242. The highest BCUT2D eigenvalue weighted by atomic mass is 16.4. The number of carboxylic acids is 1. The summed E-state index contributed by atoms with van der Waals surface area (Å²) in [5.41, 5.74) is -0.563. The Kier molecular flexibility index (Phi) is 2.69. The molecule has 1 heterocycles. The van der Waals surface area contributed by atoms with Gasteiger partial charge in [-0.2, -0.15) is 0 Å². The Labute approximate surface area is 100 Å². The third-order valence-electron chi connectivity index (χ3n) is 3.74. The number of hydrogen-bond acceptors (Lipinski definition) is 3. The van der Waals surface area contributed by atoms with E-state index in [1.165, 1.54) is 4.90 Å². The highest BCUT2D eigenvalue weighted by Crippen LogP contribution is 2.50. The molecule has 5 nitrogen and oxygen atoms in total. The van der Waals surface area contributed by atoms with E-state index >= 15 is 0 Å². The molecule has 0 aromatic carbocycles. The fourth-order valence-corrected chi connectivity index (χ4v) is 2.54. The molecule has 1 saturated heterocycles. The Morgan fingerprint density at radius 3 is 2.41 bits per heavy atom. The molecule has 0 aromatic heterocycles. The van der Waals surface area contributed by atoms with E-state index < -0.39 is 29.4 Å². The first kappa shape index (κ1) is 12.4. The second-order valence-electron chi connectivity index (χ2n) is 6.20. The molecule has 2 aliphatic rings. The van der Waals surface area contributed by atoms with Gasteiger partial charge in [-0.05, 0) is 23.7 Å². The smallest absolute Gasteiger partial charge is 0.326 e. The second kappa shape index (κ2) is 3.70. The van der Waals surface area contributed by atoms with Gasteiger partial charge in [0.15, 0.2) is 0 Å². The van der Waals surface area contributed by atoms with Crippen LogP contribution in [0.1, 0.15) is 27.2 Å². The van der Waals surface area contributed by atoms with Gasteiger partial charge in [0.2, 0.25) is 0 Å². The molecular weight excluding hydrogens is 222 g/mol.